The second-order valence-corrected chi connectivity index (χ2v) is 7.89. The summed E-state index contributed by atoms with van der Waals surface area (Å²) in [5, 5.41) is 5.27. The van der Waals surface area contributed by atoms with Gasteiger partial charge in [-0.2, -0.15) is 0 Å². The quantitative estimate of drug-likeness (QED) is 0.564. The van der Waals surface area contributed by atoms with E-state index in [1.54, 1.807) is 58.0 Å². The molecule has 2 aromatic rings. The summed E-state index contributed by atoms with van der Waals surface area (Å²) in [5.41, 5.74) is 1.51. The molecule has 0 spiro atoms. The van der Waals surface area contributed by atoms with E-state index in [1.807, 2.05) is 4.90 Å². The van der Waals surface area contributed by atoms with Gasteiger partial charge in [0.15, 0.2) is 0 Å². The summed E-state index contributed by atoms with van der Waals surface area (Å²) in [6, 6.07) is 11.2. The first-order chi connectivity index (χ1) is 15.1. The molecule has 2 amide bonds. The Morgan fingerprint density at radius 1 is 1.06 bits per heavy atom. The van der Waals surface area contributed by atoms with Crippen LogP contribution < -0.4 is 15.5 Å². The molecule has 0 saturated heterocycles. The van der Waals surface area contributed by atoms with E-state index in [2.05, 4.69) is 16.6 Å². The van der Waals surface area contributed by atoms with Crippen LogP contribution in [0.2, 0.25) is 0 Å². The van der Waals surface area contributed by atoms with Gasteiger partial charge < -0.3 is 14.4 Å². The molecule has 0 aliphatic rings. The minimum atomic E-state index is -0.683. The van der Waals surface area contributed by atoms with Gasteiger partial charge in [0.2, 0.25) is 0 Å². The Morgan fingerprint density at radius 3 is 2.31 bits per heavy atom. The summed E-state index contributed by atoms with van der Waals surface area (Å²) in [4.78, 5) is 26.2. The van der Waals surface area contributed by atoms with Crippen molar-refractivity contribution in [3.05, 3.63) is 53.8 Å². The van der Waals surface area contributed by atoms with Crippen molar-refractivity contribution in [2.75, 3.05) is 28.7 Å². The van der Waals surface area contributed by atoms with Gasteiger partial charge in [-0.1, -0.05) is 18.1 Å². The number of terminal acetylenes is 1. The van der Waals surface area contributed by atoms with Crippen molar-refractivity contribution in [2.24, 2.45) is 0 Å². The van der Waals surface area contributed by atoms with E-state index in [-0.39, 0.29) is 19.0 Å². The molecule has 2 aromatic carbocycles. The van der Waals surface area contributed by atoms with E-state index in [9.17, 15) is 14.0 Å². The summed E-state index contributed by atoms with van der Waals surface area (Å²) < 4.78 is 23.5. The third kappa shape index (κ3) is 7.84. The number of carbonyl (C=O) groups is 2. The molecule has 0 bridgehead atoms. The average molecular weight is 442 g/mol. The molecule has 0 heterocycles. The van der Waals surface area contributed by atoms with Crippen molar-refractivity contribution in [2.45, 2.75) is 39.8 Å². The molecule has 0 aliphatic heterocycles. The van der Waals surface area contributed by atoms with Gasteiger partial charge >= 0.3 is 12.2 Å². The maximum Gasteiger partial charge on any atom is 0.412 e. The highest BCUT2D eigenvalue weighted by atomic mass is 19.1. The van der Waals surface area contributed by atoms with Gasteiger partial charge in [0.05, 0.1) is 24.5 Å². The molecule has 0 aliphatic carbocycles. The number of benzene rings is 2. The van der Waals surface area contributed by atoms with Crippen molar-refractivity contribution >= 4 is 29.2 Å². The zero-order chi connectivity index (χ0) is 23.7. The minimum Gasteiger partial charge on any atom is -0.450 e. The fourth-order valence-electron chi connectivity index (χ4n) is 2.79. The molecule has 32 heavy (non-hydrogen) atoms. The number of ether oxygens (including phenoxy) is 2. The number of hydrogen-bond donors (Lipinski definition) is 2. The van der Waals surface area contributed by atoms with Gasteiger partial charge in [0, 0.05) is 12.2 Å². The number of rotatable bonds is 7. The van der Waals surface area contributed by atoms with Crippen LogP contribution in [0.1, 0.15) is 33.3 Å². The van der Waals surface area contributed by atoms with Crippen LogP contribution in [0.15, 0.2) is 42.5 Å². The van der Waals surface area contributed by atoms with Gasteiger partial charge in [0.1, 0.15) is 11.4 Å². The number of hydrogen-bond acceptors (Lipinski definition) is 5. The van der Waals surface area contributed by atoms with Crippen LogP contribution in [0.4, 0.5) is 31.0 Å². The molecule has 0 saturated carbocycles. The zero-order valence-electron chi connectivity index (χ0n) is 18.7. The molecular formula is C24H28FN3O4. The predicted molar refractivity (Wildman–Crippen MR) is 123 cm³/mol. The van der Waals surface area contributed by atoms with Gasteiger partial charge in [-0.3, -0.25) is 10.6 Å². The Labute approximate surface area is 187 Å². The maximum atomic E-state index is 13.2. The normalized spacial score (nSPS) is 10.6. The van der Waals surface area contributed by atoms with Crippen LogP contribution in [0.3, 0.4) is 0 Å². The van der Waals surface area contributed by atoms with E-state index in [4.69, 9.17) is 15.9 Å². The van der Waals surface area contributed by atoms with Gasteiger partial charge in [-0.15, -0.1) is 6.42 Å². The molecule has 2 N–H and O–H groups in total. The second-order valence-electron chi connectivity index (χ2n) is 7.89. The molecular weight excluding hydrogens is 413 g/mol. The SMILES string of the molecule is C#CCN(Cc1ccc(F)cc1)c1ccc(NC(=O)OC(C)(C)C)c(NC(=O)OCC)c1. The highest BCUT2D eigenvalue weighted by Crippen LogP contribution is 2.29. The number of halogens is 1. The third-order valence-electron chi connectivity index (χ3n) is 4.08. The Balaban J connectivity index is 2.34. The maximum absolute atomic E-state index is 13.2. The highest BCUT2D eigenvalue weighted by molar-refractivity contribution is 5.96. The predicted octanol–water partition coefficient (Wildman–Crippen LogP) is 5.38. The van der Waals surface area contributed by atoms with Crippen LogP contribution >= 0.6 is 0 Å². The van der Waals surface area contributed by atoms with E-state index < -0.39 is 17.8 Å². The topological polar surface area (TPSA) is 79.9 Å². The fraction of sp³-hybridized carbons (Fsp3) is 0.333. The largest absolute Gasteiger partial charge is 0.450 e. The van der Waals surface area contributed by atoms with Gasteiger partial charge in [-0.25, -0.2) is 14.0 Å². The van der Waals surface area contributed by atoms with Crippen molar-refractivity contribution in [3.63, 3.8) is 0 Å². The van der Waals surface area contributed by atoms with Gasteiger partial charge in [0.25, 0.3) is 0 Å². The summed E-state index contributed by atoms with van der Waals surface area (Å²) >= 11 is 0. The summed E-state index contributed by atoms with van der Waals surface area (Å²) in [6.45, 7) is 7.82. The third-order valence-corrected chi connectivity index (χ3v) is 4.08. The summed E-state index contributed by atoms with van der Waals surface area (Å²) in [5.74, 6) is 2.28. The molecule has 0 atom stereocenters. The number of anilines is 3. The smallest absolute Gasteiger partial charge is 0.412 e. The number of amides is 2. The first-order valence-corrected chi connectivity index (χ1v) is 10.1. The molecule has 170 valence electrons. The minimum absolute atomic E-state index is 0.189. The first kappa shape index (κ1) is 24.5. The summed E-state index contributed by atoms with van der Waals surface area (Å²) in [7, 11) is 0. The Kier molecular flexibility index (Phi) is 8.47. The number of carbonyl (C=O) groups excluding carboxylic acids is 2. The lowest BCUT2D eigenvalue weighted by atomic mass is 10.1. The molecule has 8 heteroatoms. The van der Waals surface area contributed by atoms with Crippen molar-refractivity contribution < 1.29 is 23.5 Å². The van der Waals surface area contributed by atoms with Crippen molar-refractivity contribution in [3.8, 4) is 12.3 Å². The monoisotopic (exact) mass is 441 g/mol. The van der Waals surface area contributed by atoms with Crippen molar-refractivity contribution in [1.29, 1.82) is 0 Å². The second kappa shape index (κ2) is 11.0. The summed E-state index contributed by atoms with van der Waals surface area (Å²) in [6.07, 6.45) is 4.21. The number of nitrogens with one attached hydrogen (secondary N) is 2. The van der Waals surface area contributed by atoms with E-state index in [0.29, 0.717) is 23.6 Å². The van der Waals surface area contributed by atoms with Crippen LogP contribution in [-0.2, 0) is 16.0 Å². The number of nitrogens with zero attached hydrogens (tertiary/aromatic N) is 1. The highest BCUT2D eigenvalue weighted by Gasteiger charge is 2.19. The molecule has 0 radical (unpaired) electrons. The lowest BCUT2D eigenvalue weighted by Crippen LogP contribution is -2.28. The molecule has 2 rings (SSSR count). The van der Waals surface area contributed by atoms with Crippen LogP contribution in [0, 0.1) is 18.2 Å². The molecule has 7 nitrogen and oxygen atoms in total. The van der Waals surface area contributed by atoms with Gasteiger partial charge in [-0.05, 0) is 63.6 Å². The molecule has 0 unspecified atom stereocenters. The van der Waals surface area contributed by atoms with Crippen LogP contribution in [0.25, 0.3) is 0 Å². The lowest BCUT2D eigenvalue weighted by molar-refractivity contribution is 0.0636. The Morgan fingerprint density at radius 2 is 1.72 bits per heavy atom. The Bertz CT molecular complexity index is 978. The van der Waals surface area contributed by atoms with E-state index >= 15 is 0 Å². The lowest BCUT2D eigenvalue weighted by Gasteiger charge is -2.25. The van der Waals surface area contributed by atoms with Crippen molar-refractivity contribution in [1.82, 2.24) is 0 Å². The first-order valence-electron chi connectivity index (χ1n) is 10.1. The van der Waals surface area contributed by atoms with Crippen LogP contribution in [-0.4, -0.2) is 30.9 Å². The zero-order valence-corrected chi connectivity index (χ0v) is 18.7. The Hall–Kier alpha value is -3.73. The standard InChI is InChI=1S/C24H28FN3O4/c1-6-14-28(16-17-8-10-18(25)11-9-17)19-12-13-20(26-23(30)32-24(3,4)5)21(15-19)27-22(29)31-7-2/h1,8-13,15H,7,14,16H2,2-5H3,(H,26,30)(H,27,29). The average Bonchev–Trinajstić information content (AvgIpc) is 2.69. The molecule has 0 fully saturated rings. The van der Waals surface area contributed by atoms with Crippen LogP contribution in [0.5, 0.6) is 0 Å². The van der Waals surface area contributed by atoms with E-state index in [0.717, 1.165) is 5.56 Å². The molecule has 0 aromatic heterocycles. The fourth-order valence-corrected chi connectivity index (χ4v) is 2.79. The van der Waals surface area contributed by atoms with E-state index in [1.165, 1.54) is 12.1 Å².